The first-order valence-corrected chi connectivity index (χ1v) is 9.94. The van der Waals surface area contributed by atoms with E-state index in [0.717, 1.165) is 24.1 Å². The third-order valence-corrected chi connectivity index (χ3v) is 5.97. The number of carbonyl (C=O) groups is 1. The van der Waals surface area contributed by atoms with Crippen molar-refractivity contribution >= 4 is 11.7 Å². The van der Waals surface area contributed by atoms with Gasteiger partial charge in [-0.25, -0.2) is 4.79 Å². The van der Waals surface area contributed by atoms with Crippen LogP contribution < -0.4 is 5.32 Å². The summed E-state index contributed by atoms with van der Waals surface area (Å²) in [6.07, 6.45) is 9.13. The van der Waals surface area contributed by atoms with Gasteiger partial charge in [0, 0.05) is 12.1 Å². The topological polar surface area (TPSA) is 76.4 Å². The molecule has 1 heterocycles. The molecule has 0 atom stereocenters. The summed E-state index contributed by atoms with van der Waals surface area (Å²) in [7, 11) is 0. The summed E-state index contributed by atoms with van der Waals surface area (Å²) < 4.78 is 0. The Labute approximate surface area is 156 Å². The highest BCUT2D eigenvalue weighted by Crippen LogP contribution is 2.31. The van der Waals surface area contributed by atoms with Gasteiger partial charge in [-0.1, -0.05) is 13.3 Å². The Morgan fingerprint density at radius 2 is 1.92 bits per heavy atom. The molecular weight excluding hydrogens is 326 g/mol. The molecule has 0 bridgehead atoms. The SMILES string of the molecule is CCc1c(C(=O)O)ccc(C#N)c1NC1CCC(N2CCCCC2)CC1. The first kappa shape index (κ1) is 18.7. The largest absolute Gasteiger partial charge is 0.478 e. The molecule has 1 aromatic carbocycles. The fourth-order valence-electron chi connectivity index (χ4n) is 4.55. The van der Waals surface area contributed by atoms with Crippen molar-refractivity contribution in [2.45, 2.75) is 70.4 Å². The minimum absolute atomic E-state index is 0.302. The number of piperidine rings is 1. The van der Waals surface area contributed by atoms with E-state index in [1.165, 1.54) is 45.2 Å². The van der Waals surface area contributed by atoms with Crippen LogP contribution in [0, 0.1) is 11.3 Å². The zero-order valence-corrected chi connectivity index (χ0v) is 15.6. The molecule has 26 heavy (non-hydrogen) atoms. The Hall–Kier alpha value is -2.06. The molecule has 0 spiro atoms. The van der Waals surface area contributed by atoms with Gasteiger partial charge in [0.15, 0.2) is 0 Å². The summed E-state index contributed by atoms with van der Waals surface area (Å²) in [5.74, 6) is -0.928. The number of nitrogens with one attached hydrogen (secondary N) is 1. The maximum atomic E-state index is 11.5. The molecule has 1 aromatic rings. The molecule has 0 aromatic heterocycles. The second-order valence-corrected chi connectivity index (χ2v) is 7.53. The molecule has 1 aliphatic carbocycles. The van der Waals surface area contributed by atoms with Crippen molar-refractivity contribution in [3.63, 3.8) is 0 Å². The lowest BCUT2D eigenvalue weighted by Gasteiger charge is -2.39. The fraction of sp³-hybridized carbons (Fsp3) is 0.619. The van der Waals surface area contributed by atoms with Crippen LogP contribution in [0.2, 0.25) is 0 Å². The van der Waals surface area contributed by atoms with Crippen molar-refractivity contribution < 1.29 is 9.90 Å². The molecule has 3 rings (SSSR count). The average Bonchev–Trinajstić information content (AvgIpc) is 2.68. The minimum atomic E-state index is -0.928. The van der Waals surface area contributed by atoms with Gasteiger partial charge in [0.2, 0.25) is 0 Å². The van der Waals surface area contributed by atoms with Gasteiger partial charge in [-0.3, -0.25) is 0 Å². The molecule has 0 unspecified atom stereocenters. The molecule has 0 radical (unpaired) electrons. The van der Waals surface area contributed by atoms with E-state index >= 15 is 0 Å². The van der Waals surface area contributed by atoms with Crippen LogP contribution in [0.25, 0.3) is 0 Å². The van der Waals surface area contributed by atoms with E-state index in [9.17, 15) is 15.2 Å². The molecule has 1 aliphatic heterocycles. The monoisotopic (exact) mass is 355 g/mol. The summed E-state index contributed by atoms with van der Waals surface area (Å²) in [5.41, 5.74) is 2.33. The summed E-state index contributed by atoms with van der Waals surface area (Å²) in [6.45, 7) is 4.42. The molecule has 0 amide bonds. The molecule has 1 saturated carbocycles. The third kappa shape index (κ3) is 4.02. The molecule has 5 heteroatoms. The number of anilines is 1. The van der Waals surface area contributed by atoms with Gasteiger partial charge >= 0.3 is 5.97 Å². The van der Waals surface area contributed by atoms with Gasteiger partial charge < -0.3 is 15.3 Å². The maximum Gasteiger partial charge on any atom is 0.336 e. The molecule has 5 nitrogen and oxygen atoms in total. The fourth-order valence-corrected chi connectivity index (χ4v) is 4.55. The quantitative estimate of drug-likeness (QED) is 0.834. The zero-order chi connectivity index (χ0) is 18.5. The smallest absolute Gasteiger partial charge is 0.336 e. The lowest BCUT2D eigenvalue weighted by Crippen LogP contribution is -2.43. The van der Waals surface area contributed by atoms with Crippen LogP contribution in [0.3, 0.4) is 0 Å². The zero-order valence-electron chi connectivity index (χ0n) is 15.6. The normalized spacial score (nSPS) is 24.0. The van der Waals surface area contributed by atoms with E-state index in [4.69, 9.17) is 0 Å². The van der Waals surface area contributed by atoms with E-state index in [2.05, 4.69) is 16.3 Å². The summed E-state index contributed by atoms with van der Waals surface area (Å²) >= 11 is 0. The molecular formula is C21H29N3O2. The standard InChI is InChI=1S/C21H29N3O2/c1-2-18-19(21(25)26)11-6-15(14-22)20(18)23-16-7-9-17(10-8-16)24-12-4-3-5-13-24/h6,11,16-17,23H,2-5,7-10,12-13H2,1H3,(H,25,26). The average molecular weight is 355 g/mol. The van der Waals surface area contributed by atoms with Crippen LogP contribution in [0.4, 0.5) is 5.69 Å². The number of carboxylic acids is 1. The van der Waals surface area contributed by atoms with Gasteiger partial charge in [0.25, 0.3) is 0 Å². The molecule has 2 fully saturated rings. The van der Waals surface area contributed by atoms with Crippen molar-refractivity contribution in [1.82, 2.24) is 4.90 Å². The van der Waals surface area contributed by atoms with Crippen LogP contribution in [-0.2, 0) is 6.42 Å². The van der Waals surface area contributed by atoms with Crippen LogP contribution in [0.5, 0.6) is 0 Å². The number of nitriles is 1. The first-order valence-electron chi connectivity index (χ1n) is 9.94. The highest BCUT2D eigenvalue weighted by atomic mass is 16.4. The van der Waals surface area contributed by atoms with Gasteiger partial charge in [0.1, 0.15) is 6.07 Å². The van der Waals surface area contributed by atoms with E-state index in [1.54, 1.807) is 12.1 Å². The molecule has 140 valence electrons. The summed E-state index contributed by atoms with van der Waals surface area (Å²) in [4.78, 5) is 14.2. The van der Waals surface area contributed by atoms with Crippen molar-refractivity contribution in [2.24, 2.45) is 0 Å². The second kappa shape index (κ2) is 8.55. The van der Waals surface area contributed by atoms with Gasteiger partial charge in [-0.15, -0.1) is 0 Å². The van der Waals surface area contributed by atoms with Gasteiger partial charge in [-0.2, -0.15) is 5.26 Å². The Morgan fingerprint density at radius 1 is 1.23 bits per heavy atom. The lowest BCUT2D eigenvalue weighted by molar-refractivity contribution is 0.0696. The van der Waals surface area contributed by atoms with E-state index in [-0.39, 0.29) is 0 Å². The Balaban J connectivity index is 1.70. The Morgan fingerprint density at radius 3 is 2.50 bits per heavy atom. The number of benzene rings is 1. The van der Waals surface area contributed by atoms with Crippen LogP contribution in [0.1, 0.15) is 73.4 Å². The number of carboxylic acid groups (broad SMARTS) is 1. The highest BCUT2D eigenvalue weighted by Gasteiger charge is 2.27. The van der Waals surface area contributed by atoms with E-state index in [0.29, 0.717) is 29.6 Å². The maximum absolute atomic E-state index is 11.5. The predicted octanol–water partition coefficient (Wildman–Crippen LogP) is 4.03. The van der Waals surface area contributed by atoms with Gasteiger partial charge in [-0.05, 0) is 75.7 Å². The van der Waals surface area contributed by atoms with Crippen LogP contribution >= 0.6 is 0 Å². The number of hydrogen-bond acceptors (Lipinski definition) is 4. The molecule has 1 saturated heterocycles. The summed E-state index contributed by atoms with van der Waals surface area (Å²) in [6, 6.07) is 6.42. The lowest BCUT2D eigenvalue weighted by atomic mass is 9.88. The van der Waals surface area contributed by atoms with Crippen LogP contribution in [-0.4, -0.2) is 41.1 Å². The number of rotatable bonds is 5. The Kier molecular flexibility index (Phi) is 6.16. The van der Waals surface area contributed by atoms with Gasteiger partial charge in [0.05, 0.1) is 16.8 Å². The van der Waals surface area contributed by atoms with E-state index < -0.39 is 5.97 Å². The highest BCUT2D eigenvalue weighted by molar-refractivity contribution is 5.92. The number of nitrogens with zero attached hydrogens (tertiary/aromatic N) is 2. The first-order chi connectivity index (χ1) is 12.6. The molecule has 2 aliphatic rings. The predicted molar refractivity (Wildman–Crippen MR) is 103 cm³/mol. The van der Waals surface area contributed by atoms with Crippen molar-refractivity contribution in [3.05, 3.63) is 28.8 Å². The minimum Gasteiger partial charge on any atom is -0.478 e. The number of likely N-dealkylation sites (tertiary alicyclic amines) is 1. The summed E-state index contributed by atoms with van der Waals surface area (Å²) in [5, 5.41) is 22.5. The van der Waals surface area contributed by atoms with Crippen molar-refractivity contribution in [3.8, 4) is 6.07 Å². The molecule has 2 N–H and O–H groups in total. The Bertz CT molecular complexity index is 681. The third-order valence-electron chi connectivity index (χ3n) is 5.97. The van der Waals surface area contributed by atoms with Crippen molar-refractivity contribution in [2.75, 3.05) is 18.4 Å². The number of aromatic carboxylic acids is 1. The van der Waals surface area contributed by atoms with E-state index in [1.807, 2.05) is 6.92 Å². The second-order valence-electron chi connectivity index (χ2n) is 7.53. The van der Waals surface area contributed by atoms with Crippen molar-refractivity contribution in [1.29, 1.82) is 5.26 Å². The number of hydrogen-bond donors (Lipinski definition) is 2. The van der Waals surface area contributed by atoms with Crippen LogP contribution in [0.15, 0.2) is 12.1 Å².